The van der Waals surface area contributed by atoms with Crippen LogP contribution in [-0.4, -0.2) is 10.8 Å². The molecule has 0 aliphatic heterocycles. The summed E-state index contributed by atoms with van der Waals surface area (Å²) in [5, 5.41) is 13.8. The van der Waals surface area contributed by atoms with Gasteiger partial charge in [0.05, 0.1) is 11.0 Å². The van der Waals surface area contributed by atoms with Gasteiger partial charge in [0.15, 0.2) is 0 Å². The first kappa shape index (κ1) is 16.0. The van der Waals surface area contributed by atoms with E-state index in [1.807, 2.05) is 37.3 Å². The zero-order valence-electron chi connectivity index (χ0n) is 12.0. The third-order valence-corrected chi connectivity index (χ3v) is 3.64. The lowest BCUT2D eigenvalue weighted by molar-refractivity contribution is -0.384. The summed E-state index contributed by atoms with van der Waals surface area (Å²) in [5.41, 5.74) is 0.925. The number of benzene rings is 2. The summed E-state index contributed by atoms with van der Waals surface area (Å²) in [4.78, 5) is 22.6. The van der Waals surface area contributed by atoms with E-state index in [9.17, 15) is 14.9 Å². The maximum absolute atomic E-state index is 12.3. The van der Waals surface area contributed by atoms with Gasteiger partial charge in [0.2, 0.25) is 0 Å². The number of hydrogen-bond acceptors (Lipinski definition) is 3. The normalized spacial score (nSPS) is 11.7. The van der Waals surface area contributed by atoms with Crippen LogP contribution < -0.4 is 5.32 Å². The maximum Gasteiger partial charge on any atom is 0.288 e. The van der Waals surface area contributed by atoms with Gasteiger partial charge in [-0.1, -0.05) is 48.9 Å². The number of amides is 1. The van der Waals surface area contributed by atoms with E-state index in [-0.39, 0.29) is 28.2 Å². The van der Waals surface area contributed by atoms with Crippen molar-refractivity contribution < 1.29 is 9.72 Å². The molecule has 0 saturated heterocycles. The van der Waals surface area contributed by atoms with Crippen molar-refractivity contribution in [1.29, 1.82) is 0 Å². The average Bonchev–Trinajstić information content (AvgIpc) is 2.53. The molecule has 5 nitrogen and oxygen atoms in total. The Balaban J connectivity index is 2.21. The molecular formula is C16H15ClN2O3. The molecule has 1 N–H and O–H groups in total. The highest BCUT2D eigenvalue weighted by atomic mass is 35.5. The molecule has 1 amide bonds. The highest BCUT2D eigenvalue weighted by molar-refractivity contribution is 6.32. The minimum atomic E-state index is -0.604. The second kappa shape index (κ2) is 7.04. The van der Waals surface area contributed by atoms with Crippen molar-refractivity contribution in [2.24, 2.45) is 0 Å². The number of halogens is 1. The van der Waals surface area contributed by atoms with Crippen molar-refractivity contribution in [2.75, 3.05) is 0 Å². The van der Waals surface area contributed by atoms with Gasteiger partial charge in [0, 0.05) is 11.6 Å². The Morgan fingerprint density at radius 3 is 2.55 bits per heavy atom. The van der Waals surface area contributed by atoms with Gasteiger partial charge in [-0.05, 0) is 24.1 Å². The highest BCUT2D eigenvalue weighted by Gasteiger charge is 2.18. The van der Waals surface area contributed by atoms with Gasteiger partial charge in [0.25, 0.3) is 11.6 Å². The van der Waals surface area contributed by atoms with Crippen LogP contribution in [0, 0.1) is 10.1 Å². The summed E-state index contributed by atoms with van der Waals surface area (Å²) in [6.45, 7) is 1.96. The van der Waals surface area contributed by atoms with Gasteiger partial charge in [-0.2, -0.15) is 0 Å². The molecule has 0 saturated carbocycles. The molecule has 0 fully saturated rings. The lowest BCUT2D eigenvalue weighted by Gasteiger charge is -2.17. The van der Waals surface area contributed by atoms with Gasteiger partial charge in [-0.25, -0.2) is 0 Å². The number of nitrogens with one attached hydrogen (secondary N) is 1. The molecule has 1 unspecified atom stereocenters. The van der Waals surface area contributed by atoms with E-state index < -0.39 is 4.92 Å². The van der Waals surface area contributed by atoms with Gasteiger partial charge >= 0.3 is 0 Å². The first-order chi connectivity index (χ1) is 10.5. The SMILES string of the molecule is CCC(NC(=O)c1ccc(Cl)c([N+](=O)[O-])c1)c1ccccc1. The molecule has 0 spiro atoms. The second-order valence-corrected chi connectivity index (χ2v) is 5.18. The standard InChI is InChI=1S/C16H15ClN2O3/c1-2-14(11-6-4-3-5-7-11)18-16(20)12-8-9-13(17)15(10-12)19(21)22/h3-10,14H,2H2,1H3,(H,18,20). The number of rotatable bonds is 5. The van der Waals surface area contributed by atoms with Crippen molar-refractivity contribution in [3.05, 3.63) is 74.8 Å². The first-order valence-electron chi connectivity index (χ1n) is 6.82. The molecule has 2 aromatic rings. The van der Waals surface area contributed by atoms with E-state index in [1.54, 1.807) is 0 Å². The summed E-state index contributed by atoms with van der Waals surface area (Å²) in [6, 6.07) is 13.4. The molecule has 0 aliphatic carbocycles. The second-order valence-electron chi connectivity index (χ2n) is 4.77. The largest absolute Gasteiger partial charge is 0.345 e. The molecule has 0 radical (unpaired) electrons. The molecule has 2 aromatic carbocycles. The summed E-state index contributed by atoms with van der Waals surface area (Å²) in [5.74, 6) is -0.365. The predicted octanol–water partition coefficient (Wildman–Crippen LogP) is 4.13. The van der Waals surface area contributed by atoms with Gasteiger partial charge in [0.1, 0.15) is 5.02 Å². The number of carbonyl (C=O) groups is 1. The van der Waals surface area contributed by atoms with E-state index in [4.69, 9.17) is 11.6 Å². The van der Waals surface area contributed by atoms with Crippen molar-refractivity contribution in [3.63, 3.8) is 0 Å². The molecule has 2 rings (SSSR count). The number of nitro benzene ring substituents is 1. The van der Waals surface area contributed by atoms with Crippen molar-refractivity contribution in [2.45, 2.75) is 19.4 Å². The third-order valence-electron chi connectivity index (χ3n) is 3.32. The number of nitrogens with zero attached hydrogens (tertiary/aromatic N) is 1. The minimum absolute atomic E-state index is 0.0108. The third kappa shape index (κ3) is 3.62. The average molecular weight is 319 g/mol. The number of carbonyl (C=O) groups excluding carboxylic acids is 1. The van der Waals surface area contributed by atoms with E-state index in [1.165, 1.54) is 18.2 Å². The summed E-state index contributed by atoms with van der Waals surface area (Å²) < 4.78 is 0. The molecule has 1 atom stereocenters. The van der Waals surface area contributed by atoms with Crippen molar-refractivity contribution in [3.8, 4) is 0 Å². The van der Waals surface area contributed by atoms with Gasteiger partial charge in [-0.3, -0.25) is 14.9 Å². The van der Waals surface area contributed by atoms with Crippen LogP contribution in [-0.2, 0) is 0 Å². The Bertz CT molecular complexity index is 689. The van der Waals surface area contributed by atoms with Crippen LogP contribution in [0.25, 0.3) is 0 Å². The zero-order valence-corrected chi connectivity index (χ0v) is 12.7. The lowest BCUT2D eigenvalue weighted by atomic mass is 10.0. The number of hydrogen-bond donors (Lipinski definition) is 1. The van der Waals surface area contributed by atoms with Crippen molar-refractivity contribution in [1.82, 2.24) is 5.32 Å². The topological polar surface area (TPSA) is 72.2 Å². The monoisotopic (exact) mass is 318 g/mol. The van der Waals surface area contributed by atoms with Crippen molar-refractivity contribution >= 4 is 23.2 Å². The fourth-order valence-electron chi connectivity index (χ4n) is 2.14. The van der Waals surface area contributed by atoms with Crippen LogP contribution in [0.3, 0.4) is 0 Å². The van der Waals surface area contributed by atoms with Crippen LogP contribution in [0.1, 0.15) is 35.3 Å². The molecule has 0 aromatic heterocycles. The van der Waals surface area contributed by atoms with E-state index in [0.29, 0.717) is 6.42 Å². The van der Waals surface area contributed by atoms with E-state index in [2.05, 4.69) is 5.32 Å². The van der Waals surface area contributed by atoms with Crippen LogP contribution in [0.15, 0.2) is 48.5 Å². The Labute approximate surface area is 133 Å². The fourth-order valence-corrected chi connectivity index (χ4v) is 2.33. The van der Waals surface area contributed by atoms with Gasteiger partial charge < -0.3 is 5.32 Å². The Morgan fingerprint density at radius 1 is 1.27 bits per heavy atom. The maximum atomic E-state index is 12.3. The van der Waals surface area contributed by atoms with Crippen LogP contribution >= 0.6 is 11.6 Å². The molecule has 0 bridgehead atoms. The quantitative estimate of drug-likeness (QED) is 0.665. The van der Waals surface area contributed by atoms with Crippen LogP contribution in [0.2, 0.25) is 5.02 Å². The molecule has 114 valence electrons. The Hall–Kier alpha value is -2.40. The van der Waals surface area contributed by atoms with Gasteiger partial charge in [-0.15, -0.1) is 0 Å². The smallest absolute Gasteiger partial charge is 0.288 e. The predicted molar refractivity (Wildman–Crippen MR) is 85.0 cm³/mol. The van der Waals surface area contributed by atoms with E-state index >= 15 is 0 Å². The Morgan fingerprint density at radius 2 is 1.95 bits per heavy atom. The molecule has 6 heteroatoms. The fraction of sp³-hybridized carbons (Fsp3) is 0.188. The molecule has 0 aliphatic rings. The lowest BCUT2D eigenvalue weighted by Crippen LogP contribution is -2.28. The summed E-state index contributed by atoms with van der Waals surface area (Å²) >= 11 is 5.75. The number of nitro groups is 1. The molecule has 0 heterocycles. The zero-order chi connectivity index (χ0) is 16.1. The summed E-state index contributed by atoms with van der Waals surface area (Å²) in [6.07, 6.45) is 0.714. The minimum Gasteiger partial charge on any atom is -0.345 e. The van der Waals surface area contributed by atoms with Crippen LogP contribution in [0.5, 0.6) is 0 Å². The Kier molecular flexibility index (Phi) is 5.12. The summed E-state index contributed by atoms with van der Waals surface area (Å²) in [7, 11) is 0. The first-order valence-corrected chi connectivity index (χ1v) is 7.20. The van der Waals surface area contributed by atoms with Crippen LogP contribution in [0.4, 0.5) is 5.69 Å². The molecular weight excluding hydrogens is 304 g/mol. The highest BCUT2D eigenvalue weighted by Crippen LogP contribution is 2.25. The molecule has 22 heavy (non-hydrogen) atoms. The van der Waals surface area contributed by atoms with E-state index in [0.717, 1.165) is 5.56 Å².